The highest BCUT2D eigenvalue weighted by Gasteiger charge is 2.23. The molecule has 0 atom stereocenters. The van der Waals surface area contributed by atoms with Crippen LogP contribution >= 0.6 is 0 Å². The highest BCUT2D eigenvalue weighted by Crippen LogP contribution is 2.30. The summed E-state index contributed by atoms with van der Waals surface area (Å²) in [6.07, 6.45) is 1.73. The van der Waals surface area contributed by atoms with Crippen LogP contribution in [0.15, 0.2) is 79.0 Å². The zero-order chi connectivity index (χ0) is 20.0. The second-order valence-electron chi connectivity index (χ2n) is 6.76. The summed E-state index contributed by atoms with van der Waals surface area (Å²) in [6.45, 7) is 0. The Morgan fingerprint density at radius 3 is 2.45 bits per heavy atom. The van der Waals surface area contributed by atoms with E-state index in [0.29, 0.717) is 22.3 Å². The molecule has 0 unspecified atom stereocenters. The fraction of sp³-hybridized carbons (Fsp3) is 0.0417. The molecule has 5 rings (SSSR count). The van der Waals surface area contributed by atoms with Crippen molar-refractivity contribution in [2.75, 3.05) is 7.11 Å². The molecule has 5 aromatic rings. The van der Waals surface area contributed by atoms with Gasteiger partial charge in [0.05, 0.1) is 34.9 Å². The average Bonchev–Trinajstić information content (AvgIpc) is 3.18. The maximum Gasteiger partial charge on any atom is 0.340 e. The number of hydrogen-bond acceptors (Lipinski definition) is 4. The van der Waals surface area contributed by atoms with Gasteiger partial charge in [-0.3, -0.25) is 9.78 Å². The molecule has 0 aliphatic rings. The molecule has 5 heteroatoms. The number of esters is 1. The molecule has 29 heavy (non-hydrogen) atoms. The van der Waals surface area contributed by atoms with Crippen molar-refractivity contribution in [3.8, 4) is 0 Å². The van der Waals surface area contributed by atoms with E-state index in [4.69, 9.17) is 4.74 Å². The second-order valence-corrected chi connectivity index (χ2v) is 6.76. The van der Waals surface area contributed by atoms with Crippen molar-refractivity contribution < 1.29 is 14.3 Å². The Morgan fingerprint density at radius 1 is 0.897 bits per heavy atom. The molecule has 0 aliphatic carbocycles. The summed E-state index contributed by atoms with van der Waals surface area (Å²) in [6, 6.07) is 22.3. The van der Waals surface area contributed by atoms with Crippen LogP contribution in [-0.2, 0) is 4.74 Å². The van der Waals surface area contributed by atoms with Crippen LogP contribution in [0.25, 0.3) is 27.3 Å². The summed E-state index contributed by atoms with van der Waals surface area (Å²) >= 11 is 0. The number of pyridine rings is 2. The standard InChI is InChI=1S/C24H16N2O3/c1-29-24(28)18-14-20(23(27)17-6-3-2-4-7-17)26-19(18)12-11-16-10-9-15-8-5-13-25-21(15)22(16)26/h2-14H,1H3. The maximum absolute atomic E-state index is 13.4. The number of nitrogens with zero attached hydrogens (tertiary/aromatic N) is 2. The lowest BCUT2D eigenvalue weighted by molar-refractivity contribution is 0.0603. The monoisotopic (exact) mass is 380 g/mol. The van der Waals surface area contributed by atoms with E-state index in [0.717, 1.165) is 21.8 Å². The first-order valence-corrected chi connectivity index (χ1v) is 9.19. The van der Waals surface area contributed by atoms with Crippen LogP contribution in [0, 0.1) is 0 Å². The van der Waals surface area contributed by atoms with Crippen LogP contribution in [0.4, 0.5) is 0 Å². The molecule has 3 aromatic heterocycles. The number of ether oxygens (including phenoxy) is 1. The van der Waals surface area contributed by atoms with Crippen molar-refractivity contribution in [1.29, 1.82) is 0 Å². The van der Waals surface area contributed by atoms with Crippen molar-refractivity contribution in [2.45, 2.75) is 0 Å². The lowest BCUT2D eigenvalue weighted by atomic mass is 10.1. The third kappa shape index (κ3) is 2.59. The Hall–Kier alpha value is -3.99. The van der Waals surface area contributed by atoms with Crippen molar-refractivity contribution in [2.24, 2.45) is 0 Å². The largest absolute Gasteiger partial charge is 0.465 e. The summed E-state index contributed by atoms with van der Waals surface area (Å²) in [7, 11) is 1.34. The molecular weight excluding hydrogens is 364 g/mol. The highest BCUT2D eigenvalue weighted by molar-refractivity contribution is 6.14. The first-order chi connectivity index (χ1) is 14.2. The molecule has 0 aliphatic heterocycles. The van der Waals surface area contributed by atoms with Gasteiger partial charge in [-0.15, -0.1) is 0 Å². The molecule has 0 spiro atoms. The fourth-order valence-corrected chi connectivity index (χ4v) is 3.79. The van der Waals surface area contributed by atoms with Gasteiger partial charge in [-0.1, -0.05) is 54.6 Å². The lowest BCUT2D eigenvalue weighted by Gasteiger charge is -2.10. The van der Waals surface area contributed by atoms with E-state index < -0.39 is 5.97 Å². The number of carbonyl (C=O) groups is 2. The molecule has 2 aromatic carbocycles. The van der Waals surface area contributed by atoms with Gasteiger partial charge in [-0.2, -0.15) is 0 Å². The number of carbonyl (C=O) groups excluding carboxylic acids is 2. The van der Waals surface area contributed by atoms with Crippen LogP contribution in [-0.4, -0.2) is 28.2 Å². The van der Waals surface area contributed by atoms with E-state index in [1.165, 1.54) is 7.11 Å². The Balaban J connectivity index is 1.95. The predicted molar refractivity (Wildman–Crippen MR) is 111 cm³/mol. The fourth-order valence-electron chi connectivity index (χ4n) is 3.79. The topological polar surface area (TPSA) is 60.7 Å². The van der Waals surface area contributed by atoms with Crippen molar-refractivity contribution in [3.63, 3.8) is 0 Å². The van der Waals surface area contributed by atoms with Crippen LogP contribution in [0.3, 0.4) is 0 Å². The molecular formula is C24H16N2O3. The van der Waals surface area contributed by atoms with E-state index in [1.54, 1.807) is 24.4 Å². The number of fused-ring (bicyclic) bond motifs is 5. The number of aromatic nitrogens is 2. The van der Waals surface area contributed by atoms with Crippen LogP contribution in [0.2, 0.25) is 0 Å². The van der Waals surface area contributed by atoms with Gasteiger partial charge in [0.1, 0.15) is 0 Å². The van der Waals surface area contributed by atoms with Crippen molar-refractivity contribution in [3.05, 3.63) is 95.8 Å². The number of methoxy groups -OCH3 is 1. The first kappa shape index (κ1) is 17.1. The third-order valence-corrected chi connectivity index (χ3v) is 5.14. The number of hydrogen-bond donors (Lipinski definition) is 0. The van der Waals surface area contributed by atoms with E-state index in [1.807, 2.05) is 59.0 Å². The molecule has 0 N–H and O–H groups in total. The Morgan fingerprint density at radius 2 is 1.66 bits per heavy atom. The zero-order valence-electron chi connectivity index (χ0n) is 15.6. The smallest absolute Gasteiger partial charge is 0.340 e. The van der Waals surface area contributed by atoms with Gasteiger partial charge < -0.3 is 9.14 Å². The lowest BCUT2D eigenvalue weighted by Crippen LogP contribution is -2.06. The molecule has 0 saturated carbocycles. The van der Waals surface area contributed by atoms with Gasteiger partial charge in [-0.25, -0.2) is 4.79 Å². The van der Waals surface area contributed by atoms with Crippen LogP contribution in [0.5, 0.6) is 0 Å². The Bertz CT molecular complexity index is 1420. The SMILES string of the molecule is COC(=O)c1cc(C(=O)c2ccccc2)n2c1ccc1ccc3cccnc3c12. The molecule has 3 heterocycles. The molecule has 140 valence electrons. The summed E-state index contributed by atoms with van der Waals surface area (Å²) in [5.41, 5.74) is 3.46. The van der Waals surface area contributed by atoms with E-state index in [-0.39, 0.29) is 5.78 Å². The average molecular weight is 380 g/mol. The molecule has 0 radical (unpaired) electrons. The second kappa shape index (κ2) is 6.56. The van der Waals surface area contributed by atoms with Crippen LogP contribution in [0.1, 0.15) is 26.4 Å². The van der Waals surface area contributed by atoms with Crippen molar-refractivity contribution in [1.82, 2.24) is 9.38 Å². The van der Waals surface area contributed by atoms with E-state index in [2.05, 4.69) is 4.98 Å². The third-order valence-electron chi connectivity index (χ3n) is 5.14. The van der Waals surface area contributed by atoms with Gasteiger partial charge >= 0.3 is 5.97 Å². The highest BCUT2D eigenvalue weighted by atomic mass is 16.5. The summed E-state index contributed by atoms with van der Waals surface area (Å²) in [5, 5.41) is 1.89. The minimum atomic E-state index is -0.484. The normalized spacial score (nSPS) is 11.2. The summed E-state index contributed by atoms with van der Waals surface area (Å²) in [4.78, 5) is 30.4. The van der Waals surface area contributed by atoms with E-state index >= 15 is 0 Å². The van der Waals surface area contributed by atoms with Crippen molar-refractivity contribution >= 4 is 39.1 Å². The van der Waals surface area contributed by atoms with E-state index in [9.17, 15) is 9.59 Å². The first-order valence-electron chi connectivity index (χ1n) is 9.19. The van der Waals surface area contributed by atoms with Gasteiger partial charge in [-0.05, 0) is 18.2 Å². The zero-order valence-corrected chi connectivity index (χ0v) is 15.6. The Kier molecular flexibility index (Phi) is 3.88. The van der Waals surface area contributed by atoms with Gasteiger partial charge in [0, 0.05) is 22.5 Å². The summed E-state index contributed by atoms with van der Waals surface area (Å²) < 4.78 is 6.79. The number of ketones is 1. The quantitative estimate of drug-likeness (QED) is 0.259. The van der Waals surface area contributed by atoms with Gasteiger partial charge in [0.2, 0.25) is 5.78 Å². The van der Waals surface area contributed by atoms with Crippen LogP contribution < -0.4 is 0 Å². The summed E-state index contributed by atoms with van der Waals surface area (Å²) in [5.74, 6) is -0.654. The minimum Gasteiger partial charge on any atom is -0.465 e. The van der Waals surface area contributed by atoms with Gasteiger partial charge in [0.25, 0.3) is 0 Å². The molecule has 0 amide bonds. The number of benzene rings is 2. The molecule has 0 fully saturated rings. The Labute approximate surface area is 166 Å². The molecule has 5 nitrogen and oxygen atoms in total. The minimum absolute atomic E-state index is 0.170. The van der Waals surface area contributed by atoms with Gasteiger partial charge in [0.15, 0.2) is 0 Å². The molecule has 0 bridgehead atoms. The molecule has 0 saturated heterocycles. The predicted octanol–water partition coefficient (Wildman–Crippen LogP) is 4.66. The number of rotatable bonds is 3. The maximum atomic E-state index is 13.4.